The molecule has 0 aromatic heterocycles. The number of carbonyl (C=O) groups excluding carboxylic acids is 2. The molecule has 0 saturated carbocycles. The van der Waals surface area contributed by atoms with Crippen LogP contribution in [0.1, 0.15) is 40.2 Å². The van der Waals surface area contributed by atoms with E-state index in [1.807, 2.05) is 78.9 Å². The van der Waals surface area contributed by atoms with Gasteiger partial charge in [-0.05, 0) is 43.1 Å². The molecule has 1 amide bonds. The first-order chi connectivity index (χ1) is 15.6. The zero-order chi connectivity index (χ0) is 21.9. The summed E-state index contributed by atoms with van der Waals surface area (Å²) in [5.74, 6) is -0.692. The number of anilines is 1. The van der Waals surface area contributed by atoms with Crippen LogP contribution in [-0.4, -0.2) is 29.2 Å². The molecule has 1 N–H and O–H groups in total. The highest BCUT2D eigenvalue weighted by molar-refractivity contribution is 6.30. The normalized spacial score (nSPS) is 28.5. The lowest BCUT2D eigenvalue weighted by Crippen LogP contribution is -2.52. The number of nitrogens with zero attached hydrogens (tertiary/aromatic N) is 1. The van der Waals surface area contributed by atoms with Crippen molar-refractivity contribution in [3.05, 3.63) is 101 Å². The highest BCUT2D eigenvalue weighted by Crippen LogP contribution is 2.61. The fourth-order valence-electron chi connectivity index (χ4n) is 6.36. The van der Waals surface area contributed by atoms with Crippen LogP contribution in [0.3, 0.4) is 0 Å². The molecule has 3 heterocycles. The minimum Gasteiger partial charge on any atom is -0.324 e. The summed E-state index contributed by atoms with van der Waals surface area (Å²) < 4.78 is 0. The second-order valence-electron chi connectivity index (χ2n) is 8.95. The first-order valence-corrected chi connectivity index (χ1v) is 11.5. The largest absolute Gasteiger partial charge is 0.324 e. The summed E-state index contributed by atoms with van der Waals surface area (Å²) in [5.41, 5.74) is 2.44. The molecule has 0 aliphatic carbocycles. The molecule has 5 heteroatoms. The Bertz CT molecular complexity index is 1210. The van der Waals surface area contributed by atoms with E-state index in [2.05, 4.69) is 10.2 Å². The predicted molar refractivity (Wildman–Crippen MR) is 125 cm³/mol. The number of fused-ring (bicyclic) bond motifs is 4. The number of carbonyl (C=O) groups is 2. The molecular weight excluding hydrogens is 420 g/mol. The highest BCUT2D eigenvalue weighted by atomic mass is 35.5. The third-order valence-corrected chi connectivity index (χ3v) is 7.76. The molecule has 0 bridgehead atoms. The minimum absolute atomic E-state index is 0.0202. The molecular formula is C27H23ClN2O2. The zero-order valence-electron chi connectivity index (χ0n) is 17.5. The third kappa shape index (κ3) is 2.60. The summed E-state index contributed by atoms with van der Waals surface area (Å²) in [5, 5.41) is 3.77. The number of nitrogens with one attached hydrogen (secondary N) is 1. The number of halogens is 1. The van der Waals surface area contributed by atoms with E-state index in [-0.39, 0.29) is 23.7 Å². The van der Waals surface area contributed by atoms with Gasteiger partial charge in [0, 0.05) is 33.8 Å². The van der Waals surface area contributed by atoms with Gasteiger partial charge in [-0.3, -0.25) is 14.5 Å². The molecule has 32 heavy (non-hydrogen) atoms. The Morgan fingerprint density at radius 1 is 0.969 bits per heavy atom. The Hall–Kier alpha value is -2.95. The molecule has 4 atom stereocenters. The fraction of sp³-hybridized carbons (Fsp3) is 0.259. The molecule has 0 radical (unpaired) electrons. The number of para-hydroxylation sites is 1. The maximum atomic E-state index is 14.2. The summed E-state index contributed by atoms with van der Waals surface area (Å²) in [6.07, 6.45) is 1.97. The second kappa shape index (κ2) is 7.29. The van der Waals surface area contributed by atoms with Crippen LogP contribution in [-0.2, 0) is 10.3 Å². The van der Waals surface area contributed by atoms with Crippen molar-refractivity contribution in [1.82, 2.24) is 4.90 Å². The summed E-state index contributed by atoms with van der Waals surface area (Å²) >= 11 is 6.19. The zero-order valence-corrected chi connectivity index (χ0v) is 18.3. The molecule has 160 valence electrons. The van der Waals surface area contributed by atoms with Crippen molar-refractivity contribution in [2.75, 3.05) is 11.9 Å². The lowest BCUT2D eigenvalue weighted by atomic mass is 9.69. The van der Waals surface area contributed by atoms with Crippen LogP contribution in [0.25, 0.3) is 0 Å². The number of benzene rings is 3. The van der Waals surface area contributed by atoms with Crippen LogP contribution in [0.15, 0.2) is 78.9 Å². The van der Waals surface area contributed by atoms with E-state index in [9.17, 15) is 9.59 Å². The van der Waals surface area contributed by atoms with E-state index < -0.39 is 11.5 Å². The van der Waals surface area contributed by atoms with Crippen LogP contribution in [0.4, 0.5) is 5.69 Å². The van der Waals surface area contributed by atoms with Gasteiger partial charge < -0.3 is 5.32 Å². The SMILES string of the molecule is O=C(c1ccccc1)[C@H]1[C@H](c2ccc(Cl)cc2)[C@H]2CCCN2[C@]12C(=O)Nc1ccccc12. The van der Waals surface area contributed by atoms with Gasteiger partial charge in [-0.2, -0.15) is 0 Å². The maximum Gasteiger partial charge on any atom is 0.250 e. The van der Waals surface area contributed by atoms with Crippen LogP contribution in [0.5, 0.6) is 0 Å². The van der Waals surface area contributed by atoms with Crippen molar-refractivity contribution in [3.8, 4) is 0 Å². The smallest absolute Gasteiger partial charge is 0.250 e. The van der Waals surface area contributed by atoms with Gasteiger partial charge in [0.05, 0.1) is 5.92 Å². The first-order valence-electron chi connectivity index (χ1n) is 11.1. The lowest BCUT2D eigenvalue weighted by Gasteiger charge is -2.36. The first kappa shape index (κ1) is 19.7. The van der Waals surface area contributed by atoms with Gasteiger partial charge in [-0.15, -0.1) is 0 Å². The van der Waals surface area contributed by atoms with Crippen molar-refractivity contribution in [2.24, 2.45) is 5.92 Å². The van der Waals surface area contributed by atoms with Crippen molar-refractivity contribution in [3.63, 3.8) is 0 Å². The molecule has 0 unspecified atom stereocenters. The van der Waals surface area contributed by atoms with Crippen LogP contribution in [0.2, 0.25) is 5.02 Å². The Kier molecular flexibility index (Phi) is 4.49. The van der Waals surface area contributed by atoms with Gasteiger partial charge in [-0.1, -0.05) is 72.3 Å². The molecule has 6 rings (SSSR count). The number of Topliss-reactive ketones (excluding diaryl/α,β-unsaturated/α-hetero) is 1. The molecule has 2 fully saturated rings. The molecule has 3 aromatic rings. The fourth-order valence-corrected chi connectivity index (χ4v) is 6.48. The highest BCUT2D eigenvalue weighted by Gasteiger charge is 2.69. The number of amides is 1. The molecule has 3 aliphatic rings. The Balaban J connectivity index is 1.62. The van der Waals surface area contributed by atoms with E-state index in [1.54, 1.807) is 0 Å². The van der Waals surface area contributed by atoms with Crippen molar-refractivity contribution in [1.29, 1.82) is 0 Å². The Morgan fingerprint density at radius 2 is 1.69 bits per heavy atom. The van der Waals surface area contributed by atoms with Gasteiger partial charge in [-0.25, -0.2) is 0 Å². The van der Waals surface area contributed by atoms with Gasteiger partial charge in [0.2, 0.25) is 5.91 Å². The van der Waals surface area contributed by atoms with Crippen molar-refractivity contribution < 1.29 is 9.59 Å². The summed E-state index contributed by atoms with van der Waals surface area (Å²) in [6.45, 7) is 0.801. The Morgan fingerprint density at radius 3 is 2.47 bits per heavy atom. The van der Waals surface area contributed by atoms with E-state index >= 15 is 0 Å². The summed E-state index contributed by atoms with van der Waals surface area (Å²) in [4.78, 5) is 30.4. The van der Waals surface area contributed by atoms with Crippen LogP contribution >= 0.6 is 11.6 Å². The molecule has 2 saturated heterocycles. The maximum absolute atomic E-state index is 14.2. The lowest BCUT2D eigenvalue weighted by molar-refractivity contribution is -0.127. The number of hydrogen-bond acceptors (Lipinski definition) is 3. The van der Waals surface area contributed by atoms with Gasteiger partial charge in [0.1, 0.15) is 5.54 Å². The van der Waals surface area contributed by atoms with Gasteiger partial charge in [0.15, 0.2) is 5.78 Å². The van der Waals surface area contributed by atoms with E-state index in [1.165, 1.54) is 0 Å². The third-order valence-electron chi connectivity index (χ3n) is 7.50. The predicted octanol–water partition coefficient (Wildman–Crippen LogP) is 5.25. The quantitative estimate of drug-likeness (QED) is 0.564. The van der Waals surface area contributed by atoms with Gasteiger partial charge in [0.25, 0.3) is 0 Å². The average Bonchev–Trinajstić information content (AvgIpc) is 3.48. The van der Waals surface area contributed by atoms with E-state index in [0.717, 1.165) is 36.2 Å². The number of rotatable bonds is 3. The van der Waals surface area contributed by atoms with Crippen LogP contribution in [0, 0.1) is 5.92 Å². The molecule has 4 nitrogen and oxygen atoms in total. The summed E-state index contributed by atoms with van der Waals surface area (Å²) in [7, 11) is 0. The van der Waals surface area contributed by atoms with Crippen LogP contribution < -0.4 is 5.32 Å². The topological polar surface area (TPSA) is 49.4 Å². The molecule has 3 aromatic carbocycles. The average molecular weight is 443 g/mol. The monoisotopic (exact) mass is 442 g/mol. The molecule has 1 spiro atoms. The van der Waals surface area contributed by atoms with Crippen molar-refractivity contribution >= 4 is 29.0 Å². The number of ketones is 1. The van der Waals surface area contributed by atoms with E-state index in [4.69, 9.17) is 11.6 Å². The number of hydrogen-bond donors (Lipinski definition) is 1. The Labute approximate surface area is 192 Å². The van der Waals surface area contributed by atoms with Gasteiger partial charge >= 0.3 is 0 Å². The summed E-state index contributed by atoms with van der Waals surface area (Å²) in [6, 6.07) is 25.2. The van der Waals surface area contributed by atoms with Crippen molar-refractivity contribution in [2.45, 2.75) is 30.3 Å². The minimum atomic E-state index is -1.00. The standard InChI is InChI=1S/C27H23ClN2O2/c28-19-14-12-17(13-15-19)23-22-11-6-16-30(22)27(20-9-4-5-10-21(20)29-26(27)32)24(23)25(31)18-7-2-1-3-8-18/h1-5,7-10,12-15,22-24H,6,11,16H2,(H,29,32)/t22-,23-,24-,27+/m1/s1. The second-order valence-corrected chi connectivity index (χ2v) is 9.39. The molecule has 3 aliphatic heterocycles. The van der Waals surface area contributed by atoms with E-state index in [0.29, 0.717) is 10.6 Å².